The number of benzene rings is 1. The van der Waals surface area contributed by atoms with Crippen LogP contribution in [0.5, 0.6) is 0 Å². The quantitative estimate of drug-likeness (QED) is 0.159. The first-order valence-corrected chi connectivity index (χ1v) is 11.9. The van der Waals surface area contributed by atoms with Gasteiger partial charge in [0.15, 0.2) is 11.2 Å². The van der Waals surface area contributed by atoms with Gasteiger partial charge in [-0.2, -0.15) is 4.98 Å². The zero-order valence-corrected chi connectivity index (χ0v) is 22.9. The Morgan fingerprint density at radius 3 is 2.54 bits per heavy atom. The second-order valence-electron chi connectivity index (χ2n) is 7.33. The van der Waals surface area contributed by atoms with Gasteiger partial charge in [-0.25, -0.2) is 9.97 Å². The minimum atomic E-state index is -0.999. The molecule has 14 nitrogen and oxygen atoms in total. The Bertz CT molecular complexity index is 1300. The number of fused-ring (bicyclic) bond motifs is 1. The Kier molecular flexibility index (Phi) is 8.36. The monoisotopic (exact) mass is 517 g/mol. The predicted octanol–water partition coefficient (Wildman–Crippen LogP) is -3.96. The highest BCUT2D eigenvalue weighted by Gasteiger charge is 2.23. The molecule has 2 aromatic heterocycles. The first-order valence-electron chi connectivity index (χ1n) is 10.3. The van der Waals surface area contributed by atoms with Crippen LogP contribution in [0.4, 0.5) is 11.6 Å². The molecule has 0 bridgehead atoms. The fourth-order valence-electron chi connectivity index (χ4n) is 3.13. The molecule has 1 aromatic carbocycles. The second kappa shape index (κ2) is 11.4. The van der Waals surface area contributed by atoms with E-state index in [-0.39, 0.29) is 73.8 Å². The summed E-state index contributed by atoms with van der Waals surface area (Å²) in [5.41, 5.74) is 5.72. The minimum absolute atomic E-state index is 0.0337. The Hall–Kier alpha value is -4.00. The van der Waals surface area contributed by atoms with E-state index >= 15 is 0 Å². The van der Waals surface area contributed by atoms with Crippen LogP contribution in [0.1, 0.15) is 28.9 Å². The summed E-state index contributed by atoms with van der Waals surface area (Å²) in [4.78, 5) is 62.3. The summed E-state index contributed by atoms with van der Waals surface area (Å²) in [6.45, 7) is -0.136. The molecule has 0 saturated heterocycles. The van der Waals surface area contributed by atoms with Crippen molar-refractivity contribution in [1.82, 2.24) is 25.3 Å². The van der Waals surface area contributed by atoms with Gasteiger partial charge in [-0.15, -0.1) is 0 Å². The number of nitrogens with two attached hydrogens (primary N) is 1. The summed E-state index contributed by atoms with van der Waals surface area (Å²) in [6, 6.07) is 4.78. The lowest BCUT2D eigenvalue weighted by atomic mass is 10.1. The number of nitrogen functional groups attached to an aromatic ring is 1. The highest BCUT2D eigenvalue weighted by molar-refractivity contribution is 6.07. The van der Waals surface area contributed by atoms with Crippen molar-refractivity contribution in [2.24, 2.45) is 0 Å². The number of carbonyl (C=O) groups is 3. The molecule has 35 heavy (non-hydrogen) atoms. The van der Waals surface area contributed by atoms with Crippen LogP contribution in [-0.2, 0) is 25.0 Å². The molecule has 0 saturated carbocycles. The molecule has 2 atom stereocenters. The van der Waals surface area contributed by atoms with E-state index in [1.165, 1.54) is 30.5 Å². The third kappa shape index (κ3) is 6.54. The van der Waals surface area contributed by atoms with Gasteiger partial charge in [0.25, 0.3) is 11.9 Å². The Morgan fingerprint density at radius 2 is 1.89 bits per heavy atom. The van der Waals surface area contributed by atoms with Crippen LogP contribution >= 0.6 is 0 Å². The SMILES string of the molecule is Nc1nc(=O)c2nc(C[NH+]([O-])c3ccc(C(=O)N[C@@H](CCC(=O)O[SiH3])C(=O)O[SiH3])cc3)cnc2[nH]1. The van der Waals surface area contributed by atoms with E-state index in [1.807, 2.05) is 0 Å². The van der Waals surface area contributed by atoms with Crippen molar-refractivity contribution < 1.29 is 28.3 Å². The Morgan fingerprint density at radius 1 is 1.17 bits per heavy atom. The zero-order valence-electron chi connectivity index (χ0n) is 18.9. The van der Waals surface area contributed by atoms with Crippen LogP contribution in [0.2, 0.25) is 0 Å². The van der Waals surface area contributed by atoms with E-state index in [0.717, 1.165) is 0 Å². The molecule has 16 heteroatoms. The number of anilines is 1. The van der Waals surface area contributed by atoms with E-state index in [4.69, 9.17) is 14.6 Å². The van der Waals surface area contributed by atoms with Gasteiger partial charge in [-0.05, 0) is 18.6 Å². The van der Waals surface area contributed by atoms with E-state index in [2.05, 4.69) is 25.3 Å². The molecule has 0 aliphatic carbocycles. The lowest BCUT2D eigenvalue weighted by Gasteiger charge is -2.21. The minimum Gasteiger partial charge on any atom is -0.629 e. The van der Waals surface area contributed by atoms with Crippen molar-refractivity contribution >= 4 is 61.6 Å². The van der Waals surface area contributed by atoms with E-state index in [1.54, 1.807) is 0 Å². The van der Waals surface area contributed by atoms with Crippen molar-refractivity contribution in [2.45, 2.75) is 25.4 Å². The number of aromatic nitrogens is 4. The largest absolute Gasteiger partial charge is 0.629 e. The molecule has 0 aliphatic heterocycles. The first kappa shape index (κ1) is 25.6. The normalized spacial score (nSPS) is 12.7. The second-order valence-corrected chi connectivity index (χ2v) is 8.14. The lowest BCUT2D eigenvalue weighted by Crippen LogP contribution is -3.00. The number of rotatable bonds is 9. The van der Waals surface area contributed by atoms with Crippen LogP contribution in [0.15, 0.2) is 35.3 Å². The van der Waals surface area contributed by atoms with Crippen LogP contribution < -0.4 is 21.7 Å². The molecule has 3 aromatic rings. The average molecular weight is 518 g/mol. The first-order chi connectivity index (χ1) is 16.7. The highest BCUT2D eigenvalue weighted by atomic mass is 28.2. The zero-order chi connectivity index (χ0) is 25.5. The van der Waals surface area contributed by atoms with Gasteiger partial charge in [0.05, 0.1) is 6.20 Å². The average Bonchev–Trinajstić information content (AvgIpc) is 2.86. The number of hydrogen-bond acceptors (Lipinski definition) is 11. The molecule has 2 heterocycles. The Labute approximate surface area is 203 Å². The molecule has 0 aliphatic rings. The molecule has 1 amide bonds. The summed E-state index contributed by atoms with van der Waals surface area (Å²) >= 11 is 0. The van der Waals surface area contributed by atoms with E-state index < -0.39 is 29.4 Å². The molecular weight excluding hydrogens is 494 g/mol. The van der Waals surface area contributed by atoms with Gasteiger partial charge in [0.2, 0.25) is 26.9 Å². The molecule has 0 spiro atoms. The number of quaternary nitrogens is 1. The van der Waals surface area contributed by atoms with Gasteiger partial charge in [-0.3, -0.25) is 19.2 Å². The maximum absolute atomic E-state index is 12.7. The van der Waals surface area contributed by atoms with Crippen molar-refractivity contribution in [3.8, 4) is 0 Å². The maximum atomic E-state index is 12.7. The number of aromatic amines is 1. The van der Waals surface area contributed by atoms with Crippen LogP contribution in [0, 0.1) is 5.21 Å². The molecule has 0 fully saturated rings. The van der Waals surface area contributed by atoms with Gasteiger partial charge >= 0.3 is 11.5 Å². The highest BCUT2D eigenvalue weighted by Crippen LogP contribution is 2.09. The summed E-state index contributed by atoms with van der Waals surface area (Å²) < 4.78 is 9.51. The Balaban J connectivity index is 1.67. The fourth-order valence-corrected chi connectivity index (χ4v) is 3.62. The summed E-state index contributed by atoms with van der Waals surface area (Å²) in [7, 11) is 0.379. The molecule has 5 N–H and O–H groups in total. The number of hydroxylamine groups is 1. The van der Waals surface area contributed by atoms with Gasteiger partial charge < -0.3 is 35.2 Å². The topological polar surface area (TPSA) is 207 Å². The molecule has 3 rings (SSSR count). The van der Waals surface area contributed by atoms with E-state index in [0.29, 0.717) is 5.69 Å². The number of H-pyrrole nitrogens is 1. The van der Waals surface area contributed by atoms with Gasteiger partial charge in [0.1, 0.15) is 24.0 Å². The molecule has 184 valence electrons. The number of amides is 1. The molecule has 1 unspecified atom stereocenters. The predicted molar refractivity (Wildman–Crippen MR) is 129 cm³/mol. The number of hydrogen-bond donors (Lipinski definition) is 4. The van der Waals surface area contributed by atoms with Crippen LogP contribution in [-0.4, -0.2) is 64.8 Å². The molecular formula is C19H23N7O7Si2. The van der Waals surface area contributed by atoms with Crippen LogP contribution in [0.25, 0.3) is 11.2 Å². The standard InChI is InChI=1S/C19H23N7O7Si2/c20-19-24-15-14(17(29)25-19)22-10(7-21-15)8-26(31)11-3-1-9(2-4-11)16(28)23-12(18(30)33-35)5-6-13(27)32-34/h1-4,7,12,26H,5-6,8H2,34-35H3,(H,23,28)(H3,20,21,24,25,29)/t12-/m0/s1. The fraction of sp³-hybridized carbons (Fsp3) is 0.211. The van der Waals surface area contributed by atoms with Crippen LogP contribution in [0.3, 0.4) is 0 Å². The van der Waals surface area contributed by atoms with Gasteiger partial charge in [-0.1, -0.05) is 0 Å². The van der Waals surface area contributed by atoms with E-state index in [9.17, 15) is 24.4 Å². The van der Waals surface area contributed by atoms with Gasteiger partial charge in [0, 0.05) is 24.1 Å². The lowest BCUT2D eigenvalue weighted by molar-refractivity contribution is -0.792. The van der Waals surface area contributed by atoms with Crippen molar-refractivity contribution in [1.29, 1.82) is 0 Å². The summed E-state index contributed by atoms with van der Waals surface area (Å²) in [5.74, 6) is -1.74. The number of nitrogens with one attached hydrogen (secondary N) is 3. The van der Waals surface area contributed by atoms with Crippen molar-refractivity contribution in [3.63, 3.8) is 0 Å². The third-order valence-corrected chi connectivity index (χ3v) is 5.82. The third-order valence-electron chi connectivity index (χ3n) is 4.96. The summed E-state index contributed by atoms with van der Waals surface area (Å²) in [6.07, 6.45) is 1.36. The molecule has 0 radical (unpaired) electrons. The van der Waals surface area contributed by atoms with Crippen molar-refractivity contribution in [3.05, 3.63) is 57.3 Å². The number of nitrogens with zero attached hydrogens (tertiary/aromatic N) is 3. The number of carbonyl (C=O) groups excluding carboxylic acids is 3. The van der Waals surface area contributed by atoms with Crippen molar-refractivity contribution in [2.75, 3.05) is 5.73 Å². The summed E-state index contributed by atoms with van der Waals surface area (Å²) in [5, 5.41) is 14.9. The smallest absolute Gasteiger partial charge is 0.314 e. The maximum Gasteiger partial charge on any atom is 0.314 e.